The van der Waals surface area contributed by atoms with Gasteiger partial charge >= 0.3 is 39.5 Å². The molecule has 0 aliphatic rings. The number of carbonyl (C=O) groups is 4. The molecule has 3 N–H and O–H groups in total. The van der Waals surface area contributed by atoms with Crippen LogP contribution in [0.4, 0.5) is 0 Å². The van der Waals surface area contributed by atoms with E-state index in [4.69, 9.17) is 37.0 Å². The third-order valence-corrected chi connectivity index (χ3v) is 20.5. The average molecular weight is 1420 g/mol. The highest BCUT2D eigenvalue weighted by Crippen LogP contribution is 2.45. The molecule has 576 valence electrons. The van der Waals surface area contributed by atoms with Crippen LogP contribution in [0.25, 0.3) is 0 Å². The Morgan fingerprint density at radius 3 is 0.784 bits per heavy atom. The number of carbonyl (C=O) groups excluding carboxylic acids is 4. The van der Waals surface area contributed by atoms with Gasteiger partial charge in [0, 0.05) is 25.7 Å². The van der Waals surface area contributed by atoms with Crippen molar-refractivity contribution in [1.29, 1.82) is 0 Å². The first kappa shape index (κ1) is 95.1. The molecule has 0 saturated carbocycles. The summed E-state index contributed by atoms with van der Waals surface area (Å²) in [4.78, 5) is 72.6. The summed E-state index contributed by atoms with van der Waals surface area (Å²) < 4.78 is 68.4. The van der Waals surface area contributed by atoms with Crippen LogP contribution >= 0.6 is 15.6 Å². The zero-order valence-corrected chi connectivity index (χ0v) is 65.2. The number of ether oxygens (including phenoxy) is 4. The summed E-state index contributed by atoms with van der Waals surface area (Å²) in [5.74, 6) is -0.531. The maximum atomic E-state index is 13.1. The van der Waals surface area contributed by atoms with Gasteiger partial charge in [0.1, 0.15) is 19.3 Å². The largest absolute Gasteiger partial charge is 0.472 e. The van der Waals surface area contributed by atoms with Crippen molar-refractivity contribution in [3.05, 3.63) is 0 Å². The minimum absolute atomic E-state index is 0.105. The van der Waals surface area contributed by atoms with Crippen LogP contribution in [0.5, 0.6) is 0 Å². The smallest absolute Gasteiger partial charge is 0.462 e. The highest BCUT2D eigenvalue weighted by atomic mass is 31.2. The molecule has 0 aliphatic carbocycles. The Morgan fingerprint density at radius 2 is 0.526 bits per heavy atom. The fraction of sp³-hybridized carbons (Fsp3) is 0.949. The average Bonchev–Trinajstić information content (AvgIpc) is 1.60. The Balaban J connectivity index is 5.12. The number of hydrogen-bond donors (Lipinski definition) is 3. The molecule has 0 aromatic heterocycles. The first-order valence-electron chi connectivity index (χ1n) is 40.5. The van der Waals surface area contributed by atoms with Crippen molar-refractivity contribution < 1.29 is 80.2 Å². The van der Waals surface area contributed by atoms with E-state index in [0.29, 0.717) is 25.7 Å². The molecular weight excluding hydrogens is 1270 g/mol. The standard InChI is InChI=1S/C78H152O17P2/c1-7-10-12-14-15-16-17-18-19-20-21-22-23-24-25-26-29-33-39-44-50-56-62-78(83)95-74(67-89-76(81)61-55-49-43-38-32-30-27-28-31-36-41-47-52-58-70(4)5)69-93-97(86,87)91-65-72(79)64-90-96(84,85)92-68-73(66-88-75(80)60-54-46-13-11-8-2)94-77(82)63-57-51-45-40-35-34-37-42-48-53-59-71(6)9-3/h70-74,79H,7-69H2,1-6H3,(H,84,85)(H,86,87)/t71?,72-,73+,74+/m0/s1. The Morgan fingerprint density at radius 1 is 0.299 bits per heavy atom. The number of hydrogen-bond acceptors (Lipinski definition) is 15. The van der Waals surface area contributed by atoms with Gasteiger partial charge in [-0.25, -0.2) is 9.13 Å². The second kappa shape index (κ2) is 69.8. The van der Waals surface area contributed by atoms with Crippen LogP contribution in [0.3, 0.4) is 0 Å². The minimum Gasteiger partial charge on any atom is -0.462 e. The molecule has 0 amide bonds. The lowest BCUT2D eigenvalue weighted by molar-refractivity contribution is -0.161. The van der Waals surface area contributed by atoms with Crippen molar-refractivity contribution in [1.82, 2.24) is 0 Å². The van der Waals surface area contributed by atoms with E-state index in [2.05, 4.69) is 41.5 Å². The number of aliphatic hydroxyl groups is 1. The molecule has 0 rings (SSSR count). The van der Waals surface area contributed by atoms with Crippen molar-refractivity contribution in [2.75, 3.05) is 39.6 Å². The molecule has 97 heavy (non-hydrogen) atoms. The number of phosphoric ester groups is 2. The van der Waals surface area contributed by atoms with E-state index in [1.165, 1.54) is 218 Å². The monoisotopic (exact) mass is 1420 g/mol. The first-order valence-corrected chi connectivity index (χ1v) is 43.5. The molecule has 0 aromatic carbocycles. The van der Waals surface area contributed by atoms with Gasteiger partial charge in [0.15, 0.2) is 12.2 Å². The van der Waals surface area contributed by atoms with E-state index < -0.39 is 97.5 Å². The molecular formula is C78H152O17P2. The molecule has 6 atom stereocenters. The molecule has 19 heteroatoms. The van der Waals surface area contributed by atoms with Crippen molar-refractivity contribution in [3.63, 3.8) is 0 Å². The zero-order valence-electron chi connectivity index (χ0n) is 63.4. The minimum atomic E-state index is -4.96. The fourth-order valence-corrected chi connectivity index (χ4v) is 13.6. The number of unbranched alkanes of at least 4 members (excludes halogenated alkanes) is 46. The molecule has 0 spiro atoms. The van der Waals surface area contributed by atoms with Crippen molar-refractivity contribution in [2.45, 2.75) is 426 Å². The van der Waals surface area contributed by atoms with Crippen LogP contribution < -0.4 is 0 Å². The van der Waals surface area contributed by atoms with E-state index in [9.17, 15) is 43.2 Å². The lowest BCUT2D eigenvalue weighted by Gasteiger charge is -2.21. The first-order chi connectivity index (χ1) is 46.9. The van der Waals surface area contributed by atoms with Gasteiger partial charge in [-0.2, -0.15) is 0 Å². The second-order valence-electron chi connectivity index (χ2n) is 28.8. The molecule has 0 aromatic rings. The van der Waals surface area contributed by atoms with Crippen LogP contribution in [-0.4, -0.2) is 96.7 Å². The van der Waals surface area contributed by atoms with Crippen molar-refractivity contribution in [3.8, 4) is 0 Å². The number of phosphoric acid groups is 2. The molecule has 0 radical (unpaired) electrons. The summed E-state index contributed by atoms with van der Waals surface area (Å²) in [6.07, 6.45) is 58.8. The normalized spacial score (nSPS) is 14.2. The summed E-state index contributed by atoms with van der Waals surface area (Å²) in [6.45, 7) is 9.56. The van der Waals surface area contributed by atoms with Crippen LogP contribution in [0.2, 0.25) is 0 Å². The predicted octanol–water partition coefficient (Wildman–Crippen LogP) is 23.1. The van der Waals surface area contributed by atoms with Gasteiger partial charge in [-0.1, -0.05) is 356 Å². The maximum Gasteiger partial charge on any atom is 0.472 e. The van der Waals surface area contributed by atoms with E-state index in [-0.39, 0.29) is 25.7 Å². The lowest BCUT2D eigenvalue weighted by Crippen LogP contribution is -2.30. The van der Waals surface area contributed by atoms with Crippen LogP contribution in [-0.2, 0) is 65.4 Å². The summed E-state index contributed by atoms with van der Waals surface area (Å²) in [7, 11) is -9.90. The third-order valence-electron chi connectivity index (χ3n) is 18.6. The topological polar surface area (TPSA) is 237 Å². The zero-order chi connectivity index (χ0) is 71.4. The molecule has 0 heterocycles. The van der Waals surface area contributed by atoms with Gasteiger partial charge in [0.2, 0.25) is 0 Å². The highest BCUT2D eigenvalue weighted by Gasteiger charge is 2.30. The SMILES string of the molecule is CCCCCCCCCCCCCCCCCCCCCCCCC(=O)O[C@H](COC(=O)CCCCCCCCCCCCCCCC(C)C)COP(=O)(O)OC[C@@H](O)COP(=O)(O)OC[C@@H](COC(=O)CCCCCCC)OC(=O)CCCCCCCCCCCCC(C)CC. The van der Waals surface area contributed by atoms with Gasteiger partial charge < -0.3 is 33.8 Å². The van der Waals surface area contributed by atoms with E-state index in [0.717, 1.165) is 108 Å². The fourth-order valence-electron chi connectivity index (χ4n) is 12.0. The maximum absolute atomic E-state index is 13.1. The Bertz CT molecular complexity index is 1870. The van der Waals surface area contributed by atoms with Gasteiger partial charge in [-0.15, -0.1) is 0 Å². The van der Waals surface area contributed by atoms with Crippen LogP contribution in [0, 0.1) is 11.8 Å². The summed E-state index contributed by atoms with van der Waals surface area (Å²) in [5.41, 5.74) is 0. The van der Waals surface area contributed by atoms with Crippen molar-refractivity contribution >= 4 is 39.5 Å². The van der Waals surface area contributed by atoms with E-state index in [1.807, 2.05) is 0 Å². The van der Waals surface area contributed by atoms with Crippen molar-refractivity contribution in [2.24, 2.45) is 11.8 Å². The van der Waals surface area contributed by atoms with E-state index in [1.54, 1.807) is 0 Å². The summed E-state index contributed by atoms with van der Waals surface area (Å²) in [6, 6.07) is 0. The number of esters is 4. The Kier molecular flexibility index (Phi) is 68.4. The Labute approximate surface area is 594 Å². The van der Waals surface area contributed by atoms with Gasteiger partial charge in [0.05, 0.1) is 26.4 Å². The molecule has 0 bridgehead atoms. The molecule has 0 saturated heterocycles. The lowest BCUT2D eigenvalue weighted by atomic mass is 9.99. The van der Waals surface area contributed by atoms with Gasteiger partial charge in [-0.05, 0) is 37.5 Å². The third kappa shape index (κ3) is 70.9. The predicted molar refractivity (Wildman–Crippen MR) is 395 cm³/mol. The summed E-state index contributed by atoms with van der Waals surface area (Å²) >= 11 is 0. The Hall–Kier alpha value is -1.94. The number of aliphatic hydroxyl groups excluding tert-OH is 1. The van der Waals surface area contributed by atoms with Gasteiger partial charge in [-0.3, -0.25) is 37.3 Å². The van der Waals surface area contributed by atoms with Crippen LogP contribution in [0.1, 0.15) is 408 Å². The molecule has 0 fully saturated rings. The molecule has 0 aliphatic heterocycles. The molecule has 3 unspecified atom stereocenters. The van der Waals surface area contributed by atoms with E-state index >= 15 is 0 Å². The van der Waals surface area contributed by atoms with Crippen LogP contribution in [0.15, 0.2) is 0 Å². The molecule has 17 nitrogen and oxygen atoms in total. The highest BCUT2D eigenvalue weighted by molar-refractivity contribution is 7.47. The quantitative estimate of drug-likeness (QED) is 0.0222. The second-order valence-corrected chi connectivity index (χ2v) is 31.7. The van der Waals surface area contributed by atoms with Gasteiger partial charge in [0.25, 0.3) is 0 Å². The number of rotatable bonds is 77. The summed E-state index contributed by atoms with van der Waals surface area (Å²) in [5, 5.41) is 10.6.